The standard InChI is InChI=1S/C16H13N3O2/c20-16(21)13-6-7-14(19-10-13)18-9-12-4-1-3-11-5-2-8-17-15(11)12/h1-8,10H,9H2,(H,18,19)(H,20,21). The lowest BCUT2D eigenvalue weighted by Gasteiger charge is -2.08. The largest absolute Gasteiger partial charge is 0.478 e. The summed E-state index contributed by atoms with van der Waals surface area (Å²) < 4.78 is 0. The van der Waals surface area contributed by atoms with Crippen LogP contribution in [0.2, 0.25) is 0 Å². The van der Waals surface area contributed by atoms with E-state index in [1.54, 1.807) is 12.3 Å². The van der Waals surface area contributed by atoms with Gasteiger partial charge in [0.2, 0.25) is 0 Å². The van der Waals surface area contributed by atoms with Crippen LogP contribution < -0.4 is 5.32 Å². The number of anilines is 1. The van der Waals surface area contributed by atoms with Gasteiger partial charge in [0.15, 0.2) is 0 Å². The Bertz CT molecular complexity index is 780. The number of carboxylic acids is 1. The molecule has 5 heteroatoms. The summed E-state index contributed by atoms with van der Waals surface area (Å²) in [6.07, 6.45) is 3.11. The Hall–Kier alpha value is -2.95. The number of nitrogens with one attached hydrogen (secondary N) is 1. The number of aromatic carboxylic acids is 1. The first kappa shape index (κ1) is 13.1. The Morgan fingerprint density at radius 3 is 2.71 bits per heavy atom. The van der Waals surface area contributed by atoms with E-state index in [1.165, 1.54) is 12.3 Å². The van der Waals surface area contributed by atoms with E-state index in [0.717, 1.165) is 16.5 Å². The fraction of sp³-hybridized carbons (Fsp3) is 0.0625. The second-order valence-electron chi connectivity index (χ2n) is 4.58. The third kappa shape index (κ3) is 2.81. The minimum atomic E-state index is -0.979. The van der Waals surface area contributed by atoms with Crippen LogP contribution in [-0.2, 0) is 6.54 Å². The van der Waals surface area contributed by atoms with Gasteiger partial charge in [-0.25, -0.2) is 9.78 Å². The number of nitrogens with zero attached hydrogens (tertiary/aromatic N) is 2. The summed E-state index contributed by atoms with van der Waals surface area (Å²) in [6, 6.07) is 13.1. The van der Waals surface area contributed by atoms with Crippen LogP contribution in [0.3, 0.4) is 0 Å². The molecule has 0 amide bonds. The van der Waals surface area contributed by atoms with Crippen molar-refractivity contribution in [1.29, 1.82) is 0 Å². The first-order valence-corrected chi connectivity index (χ1v) is 6.50. The molecular weight excluding hydrogens is 266 g/mol. The maximum atomic E-state index is 10.8. The molecule has 0 fully saturated rings. The molecule has 104 valence electrons. The topological polar surface area (TPSA) is 75.1 Å². The third-order valence-corrected chi connectivity index (χ3v) is 3.19. The Kier molecular flexibility index (Phi) is 3.47. The van der Waals surface area contributed by atoms with Crippen LogP contribution in [0.1, 0.15) is 15.9 Å². The van der Waals surface area contributed by atoms with Crippen molar-refractivity contribution >= 4 is 22.7 Å². The summed E-state index contributed by atoms with van der Waals surface area (Å²) in [5, 5.41) is 13.1. The number of fused-ring (bicyclic) bond motifs is 1. The first-order chi connectivity index (χ1) is 10.2. The van der Waals surface area contributed by atoms with Gasteiger partial charge in [0.05, 0.1) is 11.1 Å². The summed E-state index contributed by atoms with van der Waals surface area (Å²) in [5.41, 5.74) is 2.19. The van der Waals surface area contributed by atoms with Crippen molar-refractivity contribution in [1.82, 2.24) is 9.97 Å². The van der Waals surface area contributed by atoms with E-state index >= 15 is 0 Å². The van der Waals surface area contributed by atoms with Gasteiger partial charge < -0.3 is 10.4 Å². The summed E-state index contributed by atoms with van der Waals surface area (Å²) in [7, 11) is 0. The highest BCUT2D eigenvalue weighted by molar-refractivity contribution is 5.87. The SMILES string of the molecule is O=C(O)c1ccc(NCc2cccc3cccnc23)nc1. The van der Waals surface area contributed by atoms with Crippen molar-refractivity contribution in [3.8, 4) is 0 Å². The van der Waals surface area contributed by atoms with Crippen molar-refractivity contribution in [2.24, 2.45) is 0 Å². The van der Waals surface area contributed by atoms with Crippen molar-refractivity contribution in [3.05, 3.63) is 66.0 Å². The van der Waals surface area contributed by atoms with E-state index in [2.05, 4.69) is 15.3 Å². The van der Waals surface area contributed by atoms with Crippen LogP contribution in [0, 0.1) is 0 Å². The van der Waals surface area contributed by atoms with Crippen LogP contribution in [0.5, 0.6) is 0 Å². The molecule has 0 radical (unpaired) electrons. The number of hydrogen-bond donors (Lipinski definition) is 2. The minimum Gasteiger partial charge on any atom is -0.478 e. The molecule has 0 aliphatic carbocycles. The summed E-state index contributed by atoms with van der Waals surface area (Å²) in [6.45, 7) is 0.577. The summed E-state index contributed by atoms with van der Waals surface area (Å²) in [5.74, 6) is -0.347. The van der Waals surface area contributed by atoms with E-state index in [-0.39, 0.29) is 5.56 Å². The highest BCUT2D eigenvalue weighted by Gasteiger charge is 2.04. The number of para-hydroxylation sites is 1. The Morgan fingerprint density at radius 1 is 1.10 bits per heavy atom. The van der Waals surface area contributed by atoms with Gasteiger partial charge >= 0.3 is 5.97 Å². The zero-order valence-corrected chi connectivity index (χ0v) is 11.2. The molecule has 0 saturated carbocycles. The van der Waals surface area contributed by atoms with Gasteiger partial charge in [0, 0.05) is 24.3 Å². The highest BCUT2D eigenvalue weighted by Crippen LogP contribution is 2.17. The summed E-state index contributed by atoms with van der Waals surface area (Å²) >= 11 is 0. The number of aromatic nitrogens is 2. The van der Waals surface area contributed by atoms with Crippen LogP contribution in [0.4, 0.5) is 5.82 Å². The second-order valence-corrected chi connectivity index (χ2v) is 4.58. The predicted octanol–water partition coefficient (Wildman–Crippen LogP) is 2.94. The second kappa shape index (κ2) is 5.58. The predicted molar refractivity (Wildman–Crippen MR) is 80.3 cm³/mol. The zero-order chi connectivity index (χ0) is 14.7. The molecule has 0 atom stereocenters. The number of benzene rings is 1. The molecule has 0 aliphatic heterocycles. The maximum absolute atomic E-state index is 10.8. The van der Waals surface area contributed by atoms with Gasteiger partial charge in [0.1, 0.15) is 5.82 Å². The van der Waals surface area contributed by atoms with Crippen LogP contribution in [-0.4, -0.2) is 21.0 Å². The van der Waals surface area contributed by atoms with E-state index in [4.69, 9.17) is 5.11 Å². The Labute approximate surface area is 121 Å². The lowest BCUT2D eigenvalue weighted by atomic mass is 10.1. The zero-order valence-electron chi connectivity index (χ0n) is 11.2. The molecule has 21 heavy (non-hydrogen) atoms. The molecule has 3 rings (SSSR count). The van der Waals surface area contributed by atoms with E-state index in [9.17, 15) is 4.79 Å². The lowest BCUT2D eigenvalue weighted by molar-refractivity contribution is 0.0696. The van der Waals surface area contributed by atoms with Gasteiger partial charge in [0.25, 0.3) is 0 Å². The molecule has 0 spiro atoms. The monoisotopic (exact) mass is 279 g/mol. The molecule has 2 aromatic heterocycles. The third-order valence-electron chi connectivity index (χ3n) is 3.19. The first-order valence-electron chi connectivity index (χ1n) is 6.50. The summed E-state index contributed by atoms with van der Waals surface area (Å²) in [4.78, 5) is 19.2. The molecule has 0 unspecified atom stereocenters. The number of carboxylic acid groups (broad SMARTS) is 1. The molecule has 2 N–H and O–H groups in total. The minimum absolute atomic E-state index is 0.173. The fourth-order valence-corrected chi connectivity index (χ4v) is 2.12. The van der Waals surface area contributed by atoms with Crippen LogP contribution in [0.15, 0.2) is 54.9 Å². The average Bonchev–Trinajstić information content (AvgIpc) is 2.53. The lowest BCUT2D eigenvalue weighted by Crippen LogP contribution is -2.04. The molecule has 0 aliphatic rings. The molecule has 5 nitrogen and oxygen atoms in total. The van der Waals surface area contributed by atoms with Gasteiger partial charge in [-0.1, -0.05) is 24.3 Å². The molecule has 0 saturated heterocycles. The fourth-order valence-electron chi connectivity index (χ4n) is 2.12. The number of carbonyl (C=O) groups is 1. The normalized spacial score (nSPS) is 10.5. The Balaban J connectivity index is 1.79. The van der Waals surface area contributed by atoms with Crippen LogP contribution >= 0.6 is 0 Å². The average molecular weight is 279 g/mol. The van der Waals surface area contributed by atoms with Crippen LogP contribution in [0.25, 0.3) is 10.9 Å². The molecular formula is C16H13N3O2. The van der Waals surface area contributed by atoms with Gasteiger partial charge in [-0.3, -0.25) is 4.98 Å². The number of pyridine rings is 2. The van der Waals surface area contributed by atoms with E-state index in [0.29, 0.717) is 12.4 Å². The molecule has 3 aromatic rings. The maximum Gasteiger partial charge on any atom is 0.337 e. The van der Waals surface area contributed by atoms with E-state index < -0.39 is 5.97 Å². The van der Waals surface area contributed by atoms with E-state index in [1.807, 2.05) is 30.3 Å². The van der Waals surface area contributed by atoms with Crippen molar-refractivity contribution in [2.45, 2.75) is 6.54 Å². The molecule has 1 aromatic carbocycles. The smallest absolute Gasteiger partial charge is 0.337 e. The quantitative estimate of drug-likeness (QED) is 0.768. The number of rotatable bonds is 4. The van der Waals surface area contributed by atoms with Gasteiger partial charge in [-0.15, -0.1) is 0 Å². The Morgan fingerprint density at radius 2 is 1.95 bits per heavy atom. The highest BCUT2D eigenvalue weighted by atomic mass is 16.4. The van der Waals surface area contributed by atoms with Crippen molar-refractivity contribution < 1.29 is 9.90 Å². The molecule has 2 heterocycles. The van der Waals surface area contributed by atoms with Gasteiger partial charge in [-0.05, 0) is 23.8 Å². The number of hydrogen-bond acceptors (Lipinski definition) is 4. The van der Waals surface area contributed by atoms with Gasteiger partial charge in [-0.2, -0.15) is 0 Å². The molecule has 0 bridgehead atoms. The van der Waals surface area contributed by atoms with Crippen molar-refractivity contribution in [3.63, 3.8) is 0 Å². The van der Waals surface area contributed by atoms with Crippen molar-refractivity contribution in [2.75, 3.05) is 5.32 Å².